The summed E-state index contributed by atoms with van der Waals surface area (Å²) in [6.07, 6.45) is -4.50. The molecule has 1 aromatic rings. The zero-order chi connectivity index (χ0) is 11.9. The van der Waals surface area contributed by atoms with Crippen LogP contribution in [0.25, 0.3) is 0 Å². The van der Waals surface area contributed by atoms with Gasteiger partial charge in [0.2, 0.25) is 0 Å². The first-order valence-electron chi connectivity index (χ1n) is 4.14. The second kappa shape index (κ2) is 3.58. The van der Waals surface area contributed by atoms with Gasteiger partial charge in [0, 0.05) is 0 Å². The Morgan fingerprint density at radius 1 is 1.44 bits per heavy atom. The van der Waals surface area contributed by atoms with Crippen molar-refractivity contribution in [3.05, 3.63) is 23.3 Å². The number of alkyl halides is 3. The van der Waals surface area contributed by atoms with Crippen molar-refractivity contribution in [1.29, 1.82) is 0 Å². The molecule has 86 valence electrons. The van der Waals surface area contributed by atoms with E-state index >= 15 is 0 Å². The lowest BCUT2D eigenvalue weighted by molar-refractivity contribution is -0.139. The van der Waals surface area contributed by atoms with E-state index in [-0.39, 0.29) is 22.1 Å². The predicted octanol–water partition coefficient (Wildman–Crippen LogP) is 2.85. The lowest BCUT2D eigenvalue weighted by Crippen LogP contribution is -2.08. The van der Waals surface area contributed by atoms with Crippen LogP contribution in [-0.2, 0) is 6.18 Å². The molecule has 0 fully saturated rings. The molecular formula is C9H5F3O3S. The van der Waals surface area contributed by atoms with Gasteiger partial charge in [-0.2, -0.15) is 13.2 Å². The molecule has 1 heterocycles. The number of rotatable bonds is 1. The van der Waals surface area contributed by atoms with E-state index in [2.05, 4.69) is 0 Å². The van der Waals surface area contributed by atoms with Crippen LogP contribution in [0.15, 0.2) is 17.0 Å². The Morgan fingerprint density at radius 2 is 2.12 bits per heavy atom. The zero-order valence-electron chi connectivity index (χ0n) is 7.67. The molecule has 0 atom stereocenters. The molecule has 0 amide bonds. The van der Waals surface area contributed by atoms with E-state index in [1.165, 1.54) is 0 Å². The van der Waals surface area contributed by atoms with Crippen molar-refractivity contribution in [2.24, 2.45) is 0 Å². The molecule has 1 aliphatic rings. The van der Waals surface area contributed by atoms with Crippen LogP contribution < -0.4 is 4.74 Å². The second-order valence-corrected chi connectivity index (χ2v) is 3.96. The number of hydrogen-bond acceptors (Lipinski definition) is 3. The Balaban J connectivity index is 2.62. The first-order chi connectivity index (χ1) is 7.41. The van der Waals surface area contributed by atoms with Crippen LogP contribution in [0.5, 0.6) is 5.75 Å². The monoisotopic (exact) mass is 250 g/mol. The van der Waals surface area contributed by atoms with Crippen molar-refractivity contribution in [2.75, 3.05) is 5.94 Å². The summed E-state index contributed by atoms with van der Waals surface area (Å²) in [5.74, 6) is -1.48. The summed E-state index contributed by atoms with van der Waals surface area (Å²) in [6, 6.07) is 1.68. The van der Waals surface area contributed by atoms with Crippen LogP contribution in [0, 0.1) is 0 Å². The van der Waals surface area contributed by atoms with Gasteiger partial charge in [-0.25, -0.2) is 4.79 Å². The number of aromatic carboxylic acids is 1. The standard InChI is InChI=1S/C9H5F3O3S/c10-9(11,12)5-2-1-4(8(13)14)6-7(5)16-3-15-6/h1-2H,3H2,(H,13,14). The molecule has 0 unspecified atom stereocenters. The Kier molecular flexibility index (Phi) is 2.49. The van der Waals surface area contributed by atoms with Gasteiger partial charge in [-0.3, -0.25) is 0 Å². The molecule has 1 aromatic carbocycles. The van der Waals surface area contributed by atoms with Crippen molar-refractivity contribution in [3.63, 3.8) is 0 Å². The van der Waals surface area contributed by atoms with Gasteiger partial charge < -0.3 is 9.84 Å². The fourth-order valence-electron chi connectivity index (χ4n) is 1.39. The number of carbonyl (C=O) groups is 1. The van der Waals surface area contributed by atoms with E-state index in [0.29, 0.717) is 0 Å². The van der Waals surface area contributed by atoms with Crippen LogP contribution in [-0.4, -0.2) is 17.0 Å². The molecule has 0 saturated heterocycles. The molecule has 0 spiro atoms. The van der Waals surface area contributed by atoms with Crippen LogP contribution in [0.4, 0.5) is 13.2 Å². The van der Waals surface area contributed by atoms with Gasteiger partial charge in [0.1, 0.15) is 17.3 Å². The maximum absolute atomic E-state index is 12.6. The molecule has 0 aliphatic carbocycles. The quantitative estimate of drug-likeness (QED) is 0.832. The molecule has 7 heteroatoms. The molecule has 0 radical (unpaired) electrons. The normalized spacial score (nSPS) is 14.4. The molecule has 0 saturated carbocycles. The maximum Gasteiger partial charge on any atom is 0.417 e. The summed E-state index contributed by atoms with van der Waals surface area (Å²) in [5.41, 5.74) is -1.09. The first kappa shape index (κ1) is 11.1. The summed E-state index contributed by atoms with van der Waals surface area (Å²) in [4.78, 5) is 10.6. The van der Waals surface area contributed by atoms with E-state index in [0.717, 1.165) is 23.9 Å². The van der Waals surface area contributed by atoms with E-state index in [1.807, 2.05) is 0 Å². The van der Waals surface area contributed by atoms with E-state index < -0.39 is 17.7 Å². The minimum atomic E-state index is -4.50. The number of fused-ring (bicyclic) bond motifs is 1. The van der Waals surface area contributed by atoms with E-state index in [1.54, 1.807) is 0 Å². The highest BCUT2D eigenvalue weighted by atomic mass is 32.2. The summed E-state index contributed by atoms with van der Waals surface area (Å²) >= 11 is 0.847. The molecular weight excluding hydrogens is 245 g/mol. The number of thioether (sulfide) groups is 1. The first-order valence-corrected chi connectivity index (χ1v) is 5.13. The molecule has 1 N–H and O–H groups in total. The average Bonchev–Trinajstić information content (AvgIpc) is 2.61. The average molecular weight is 250 g/mol. The Bertz CT molecular complexity index is 456. The third-order valence-corrected chi connectivity index (χ3v) is 2.98. The van der Waals surface area contributed by atoms with Gasteiger partial charge in [0.25, 0.3) is 0 Å². The predicted molar refractivity (Wildman–Crippen MR) is 49.8 cm³/mol. The summed E-state index contributed by atoms with van der Waals surface area (Å²) < 4.78 is 42.6. The highest BCUT2D eigenvalue weighted by Crippen LogP contribution is 2.46. The third-order valence-electron chi connectivity index (χ3n) is 2.05. The van der Waals surface area contributed by atoms with Gasteiger partial charge in [-0.15, -0.1) is 0 Å². The third kappa shape index (κ3) is 1.71. The fraction of sp³-hybridized carbons (Fsp3) is 0.222. The fourth-order valence-corrected chi connectivity index (χ4v) is 2.32. The molecule has 1 aliphatic heterocycles. The topological polar surface area (TPSA) is 46.5 Å². The van der Waals surface area contributed by atoms with Crippen molar-refractivity contribution in [2.45, 2.75) is 11.1 Å². The number of ether oxygens (including phenoxy) is 1. The van der Waals surface area contributed by atoms with Crippen molar-refractivity contribution in [1.82, 2.24) is 0 Å². The summed E-state index contributed by atoms with van der Waals surface area (Å²) in [7, 11) is 0. The summed E-state index contributed by atoms with van der Waals surface area (Å²) in [5, 5.41) is 8.77. The number of carboxylic acid groups (broad SMARTS) is 1. The van der Waals surface area contributed by atoms with Crippen molar-refractivity contribution in [3.8, 4) is 5.75 Å². The molecule has 2 rings (SSSR count). The largest absolute Gasteiger partial charge is 0.481 e. The molecule has 0 bridgehead atoms. The number of carboxylic acids is 1. The van der Waals surface area contributed by atoms with Crippen LogP contribution in [0.2, 0.25) is 0 Å². The Labute approximate surface area is 92.2 Å². The molecule has 0 aromatic heterocycles. The second-order valence-electron chi connectivity index (χ2n) is 3.03. The van der Waals surface area contributed by atoms with Crippen LogP contribution in [0.3, 0.4) is 0 Å². The van der Waals surface area contributed by atoms with Gasteiger partial charge in [-0.05, 0) is 12.1 Å². The number of halogens is 3. The highest BCUT2D eigenvalue weighted by molar-refractivity contribution is 7.99. The zero-order valence-corrected chi connectivity index (χ0v) is 8.48. The molecule has 3 nitrogen and oxygen atoms in total. The SMILES string of the molecule is O=C(O)c1ccc(C(F)(F)F)c2c1OCS2. The van der Waals surface area contributed by atoms with Crippen molar-refractivity contribution >= 4 is 17.7 Å². The number of benzene rings is 1. The minimum absolute atomic E-state index is 0.00269. The van der Waals surface area contributed by atoms with Gasteiger partial charge in [0.05, 0.1) is 10.5 Å². The number of hydrogen-bond donors (Lipinski definition) is 1. The highest BCUT2D eigenvalue weighted by Gasteiger charge is 2.38. The van der Waals surface area contributed by atoms with Gasteiger partial charge >= 0.3 is 12.1 Å². The van der Waals surface area contributed by atoms with Gasteiger partial charge in [0.15, 0.2) is 0 Å². The lowest BCUT2D eigenvalue weighted by Gasteiger charge is -2.11. The minimum Gasteiger partial charge on any atom is -0.481 e. The smallest absolute Gasteiger partial charge is 0.417 e. The van der Waals surface area contributed by atoms with E-state index in [9.17, 15) is 18.0 Å². The van der Waals surface area contributed by atoms with Crippen LogP contribution in [0.1, 0.15) is 15.9 Å². The Hall–Kier alpha value is -1.37. The van der Waals surface area contributed by atoms with E-state index in [4.69, 9.17) is 9.84 Å². The van der Waals surface area contributed by atoms with Crippen molar-refractivity contribution < 1.29 is 27.8 Å². The summed E-state index contributed by atoms with van der Waals surface area (Å²) in [6.45, 7) is 0. The van der Waals surface area contributed by atoms with Crippen LogP contribution >= 0.6 is 11.8 Å². The maximum atomic E-state index is 12.6. The van der Waals surface area contributed by atoms with Gasteiger partial charge in [-0.1, -0.05) is 11.8 Å². The Morgan fingerprint density at radius 3 is 2.69 bits per heavy atom. The molecule has 16 heavy (non-hydrogen) atoms. The lowest BCUT2D eigenvalue weighted by atomic mass is 10.1.